The van der Waals surface area contributed by atoms with E-state index in [4.69, 9.17) is 10.2 Å². The molecule has 0 aliphatic rings. The van der Waals surface area contributed by atoms with Crippen LogP contribution in [0.25, 0.3) is 0 Å². The minimum absolute atomic E-state index is 0.139. The predicted molar refractivity (Wildman–Crippen MR) is 72.6 cm³/mol. The zero-order valence-electron chi connectivity index (χ0n) is 10.1. The number of aliphatic hydroxyl groups is 1. The number of carboxylic acids is 1. The van der Waals surface area contributed by atoms with E-state index in [1.807, 2.05) is 0 Å². The van der Waals surface area contributed by atoms with Crippen molar-refractivity contribution in [1.29, 1.82) is 0 Å². The fraction of sp³-hybridized carbons (Fsp3) is 0.364. The summed E-state index contributed by atoms with van der Waals surface area (Å²) in [7, 11) is -3.85. The second kappa shape index (κ2) is 6.47. The van der Waals surface area contributed by atoms with Crippen LogP contribution in [0.1, 0.15) is 23.7 Å². The van der Waals surface area contributed by atoms with Gasteiger partial charge < -0.3 is 10.2 Å². The molecule has 1 atom stereocenters. The van der Waals surface area contributed by atoms with E-state index >= 15 is 0 Å². The second-order valence-corrected chi connectivity index (χ2v) is 6.42. The average molecular weight is 352 g/mol. The molecule has 1 aromatic carbocycles. The number of halogens is 1. The Hall–Kier alpha value is -0.960. The second-order valence-electron chi connectivity index (χ2n) is 3.86. The maximum absolute atomic E-state index is 12.0. The molecule has 0 aliphatic heterocycles. The number of sulfonamides is 1. The Morgan fingerprint density at radius 2 is 2.11 bits per heavy atom. The lowest BCUT2D eigenvalue weighted by Crippen LogP contribution is -2.36. The van der Waals surface area contributed by atoms with Gasteiger partial charge in [-0.2, -0.15) is 0 Å². The normalized spacial score (nSPS) is 13.2. The number of rotatable bonds is 6. The first-order valence-electron chi connectivity index (χ1n) is 5.47. The predicted octanol–water partition coefficient (Wildman–Crippen LogP) is 1.20. The van der Waals surface area contributed by atoms with Gasteiger partial charge in [-0.05, 0) is 40.5 Å². The van der Waals surface area contributed by atoms with Gasteiger partial charge in [0.15, 0.2) is 0 Å². The van der Waals surface area contributed by atoms with Crippen molar-refractivity contribution < 1.29 is 23.4 Å². The van der Waals surface area contributed by atoms with Crippen LogP contribution in [0.2, 0.25) is 0 Å². The molecule has 0 aromatic heterocycles. The van der Waals surface area contributed by atoms with Crippen LogP contribution >= 0.6 is 15.9 Å². The number of hydrogen-bond donors (Lipinski definition) is 3. The van der Waals surface area contributed by atoms with Crippen LogP contribution < -0.4 is 4.72 Å². The molecular weight excluding hydrogens is 338 g/mol. The smallest absolute Gasteiger partial charge is 0.336 e. The summed E-state index contributed by atoms with van der Waals surface area (Å²) in [5, 5.41) is 17.9. The molecule has 0 aliphatic carbocycles. The first kappa shape index (κ1) is 16.1. The summed E-state index contributed by atoms with van der Waals surface area (Å²) in [6, 6.07) is 3.13. The van der Waals surface area contributed by atoms with Crippen LogP contribution in [0.4, 0.5) is 0 Å². The lowest BCUT2D eigenvalue weighted by atomic mass is 10.2. The number of aromatic carboxylic acids is 1. The highest BCUT2D eigenvalue weighted by molar-refractivity contribution is 9.10. The molecule has 0 amide bonds. The quantitative estimate of drug-likeness (QED) is 0.714. The SMILES string of the molecule is CC[C@@H](CO)NS(=O)(=O)c1ccc(Br)c(C(=O)O)c1. The van der Waals surface area contributed by atoms with Crippen molar-refractivity contribution in [2.24, 2.45) is 0 Å². The van der Waals surface area contributed by atoms with Gasteiger partial charge in [0.25, 0.3) is 0 Å². The summed E-state index contributed by atoms with van der Waals surface area (Å²) in [6.45, 7) is 1.41. The Kier molecular flexibility index (Phi) is 5.48. The molecule has 8 heteroatoms. The van der Waals surface area contributed by atoms with Gasteiger partial charge in [-0.25, -0.2) is 17.9 Å². The molecule has 6 nitrogen and oxygen atoms in total. The Labute approximate surface area is 119 Å². The molecule has 0 unspecified atom stereocenters. The molecule has 19 heavy (non-hydrogen) atoms. The van der Waals surface area contributed by atoms with Gasteiger partial charge in [-0.1, -0.05) is 6.92 Å². The van der Waals surface area contributed by atoms with Crippen LogP contribution in [0.5, 0.6) is 0 Å². The maximum Gasteiger partial charge on any atom is 0.336 e. The van der Waals surface area contributed by atoms with Gasteiger partial charge in [0.05, 0.1) is 17.1 Å². The zero-order chi connectivity index (χ0) is 14.6. The van der Waals surface area contributed by atoms with Gasteiger partial charge in [0.1, 0.15) is 0 Å². The highest BCUT2D eigenvalue weighted by Gasteiger charge is 2.21. The van der Waals surface area contributed by atoms with Gasteiger partial charge in [-0.15, -0.1) is 0 Å². The number of nitrogens with one attached hydrogen (secondary N) is 1. The first-order chi connectivity index (χ1) is 8.81. The van der Waals surface area contributed by atoms with Gasteiger partial charge >= 0.3 is 5.97 Å². The van der Waals surface area contributed by atoms with Crippen LogP contribution in [0.15, 0.2) is 27.6 Å². The summed E-state index contributed by atoms with van der Waals surface area (Å²) in [6.07, 6.45) is 0.429. The van der Waals surface area contributed by atoms with Crippen molar-refractivity contribution in [2.45, 2.75) is 24.3 Å². The van der Waals surface area contributed by atoms with Crippen molar-refractivity contribution in [3.63, 3.8) is 0 Å². The zero-order valence-corrected chi connectivity index (χ0v) is 12.5. The van der Waals surface area contributed by atoms with Crippen LogP contribution in [-0.2, 0) is 10.0 Å². The molecule has 0 fully saturated rings. The molecule has 3 N–H and O–H groups in total. The molecular formula is C11H14BrNO5S. The van der Waals surface area contributed by atoms with E-state index in [0.717, 1.165) is 6.07 Å². The third-order valence-corrected chi connectivity index (χ3v) is 4.72. The molecule has 0 saturated carbocycles. The molecule has 106 valence electrons. The minimum Gasteiger partial charge on any atom is -0.478 e. The molecule has 0 radical (unpaired) electrons. The Bertz CT molecular complexity index is 568. The first-order valence-corrected chi connectivity index (χ1v) is 7.75. The van der Waals surface area contributed by atoms with E-state index in [9.17, 15) is 13.2 Å². The molecule has 1 rings (SSSR count). The summed E-state index contributed by atoms with van der Waals surface area (Å²) in [5.41, 5.74) is -0.139. The summed E-state index contributed by atoms with van der Waals surface area (Å²) in [5.74, 6) is -1.22. The topological polar surface area (TPSA) is 104 Å². The van der Waals surface area contributed by atoms with Crippen molar-refractivity contribution in [3.05, 3.63) is 28.2 Å². The lowest BCUT2D eigenvalue weighted by molar-refractivity contribution is 0.0695. The molecule has 1 aromatic rings. The lowest BCUT2D eigenvalue weighted by Gasteiger charge is -2.14. The summed E-state index contributed by atoms with van der Waals surface area (Å²) >= 11 is 3.04. The molecule has 0 saturated heterocycles. The van der Waals surface area contributed by atoms with E-state index in [-0.39, 0.29) is 17.1 Å². The largest absolute Gasteiger partial charge is 0.478 e. The summed E-state index contributed by atoms with van der Waals surface area (Å²) in [4.78, 5) is 10.8. The Morgan fingerprint density at radius 1 is 1.47 bits per heavy atom. The van der Waals surface area contributed by atoms with Crippen molar-refractivity contribution >= 4 is 31.9 Å². The monoisotopic (exact) mass is 351 g/mol. The fourth-order valence-corrected chi connectivity index (χ4v) is 3.13. The molecule has 0 bridgehead atoms. The maximum atomic E-state index is 12.0. The number of carbonyl (C=O) groups is 1. The average Bonchev–Trinajstić information content (AvgIpc) is 2.35. The number of carboxylic acid groups (broad SMARTS) is 1. The van der Waals surface area contributed by atoms with E-state index in [1.54, 1.807) is 6.92 Å². The number of benzene rings is 1. The van der Waals surface area contributed by atoms with Crippen molar-refractivity contribution in [2.75, 3.05) is 6.61 Å². The van der Waals surface area contributed by atoms with E-state index < -0.39 is 22.0 Å². The standard InChI is InChI=1S/C11H14BrNO5S/c1-2-7(6-14)13-19(17,18)8-3-4-10(12)9(5-8)11(15)16/h3-5,7,13-14H,2,6H2,1H3,(H,15,16)/t7-/m0/s1. The van der Waals surface area contributed by atoms with Gasteiger partial charge in [-0.3, -0.25) is 0 Å². The Morgan fingerprint density at radius 3 is 2.58 bits per heavy atom. The molecule has 0 spiro atoms. The van der Waals surface area contributed by atoms with Crippen molar-refractivity contribution in [1.82, 2.24) is 4.72 Å². The van der Waals surface area contributed by atoms with E-state index in [2.05, 4.69) is 20.7 Å². The van der Waals surface area contributed by atoms with Gasteiger partial charge in [0, 0.05) is 10.5 Å². The van der Waals surface area contributed by atoms with E-state index in [1.165, 1.54) is 12.1 Å². The van der Waals surface area contributed by atoms with Crippen LogP contribution in [0.3, 0.4) is 0 Å². The fourth-order valence-electron chi connectivity index (χ4n) is 1.37. The van der Waals surface area contributed by atoms with Crippen molar-refractivity contribution in [3.8, 4) is 0 Å². The van der Waals surface area contributed by atoms with Gasteiger partial charge in [0.2, 0.25) is 10.0 Å². The highest BCUT2D eigenvalue weighted by Crippen LogP contribution is 2.21. The van der Waals surface area contributed by atoms with Crippen LogP contribution in [-0.4, -0.2) is 37.2 Å². The Balaban J connectivity index is 3.15. The van der Waals surface area contributed by atoms with Crippen LogP contribution in [0, 0.1) is 0 Å². The number of hydrogen-bond acceptors (Lipinski definition) is 4. The molecule has 0 heterocycles. The van der Waals surface area contributed by atoms with E-state index in [0.29, 0.717) is 10.9 Å². The third kappa shape index (κ3) is 4.00. The summed E-state index contributed by atoms with van der Waals surface area (Å²) < 4.78 is 26.6. The minimum atomic E-state index is -3.85. The highest BCUT2D eigenvalue weighted by atomic mass is 79.9. The third-order valence-electron chi connectivity index (χ3n) is 2.51. The number of aliphatic hydroxyl groups excluding tert-OH is 1.